The van der Waals surface area contributed by atoms with Gasteiger partial charge in [0.15, 0.2) is 0 Å². The first-order valence-electron chi connectivity index (χ1n) is 10.9. The fraction of sp³-hybridized carbons (Fsp3) is 0.542. The molecule has 0 saturated carbocycles. The molecule has 1 aromatic carbocycles. The summed E-state index contributed by atoms with van der Waals surface area (Å²) in [5.41, 5.74) is 2.70. The van der Waals surface area contributed by atoms with Gasteiger partial charge in [-0.15, -0.1) is 0 Å². The Balaban J connectivity index is 2.25. The monoisotopic (exact) mass is 428 g/mol. The minimum Gasteiger partial charge on any atom is -0.385 e. The van der Waals surface area contributed by atoms with Crippen LogP contribution in [-0.2, 0) is 19.7 Å². The largest absolute Gasteiger partial charge is 0.385 e. The summed E-state index contributed by atoms with van der Waals surface area (Å²) < 4.78 is 6.85. The summed E-state index contributed by atoms with van der Waals surface area (Å²) >= 11 is 0. The minimum atomic E-state index is -0.240. The van der Waals surface area contributed by atoms with Gasteiger partial charge in [-0.2, -0.15) is 5.10 Å². The van der Waals surface area contributed by atoms with Gasteiger partial charge in [-0.3, -0.25) is 9.59 Å². The Morgan fingerprint density at radius 2 is 1.97 bits per heavy atom. The fourth-order valence-electron chi connectivity index (χ4n) is 3.21. The number of aromatic nitrogens is 2. The lowest BCUT2D eigenvalue weighted by molar-refractivity contribution is -0.134. The number of nitrogens with zero attached hydrogens (tertiary/aromatic N) is 3. The lowest BCUT2D eigenvalue weighted by Gasteiger charge is -2.22. The van der Waals surface area contributed by atoms with Gasteiger partial charge in [-0.1, -0.05) is 39.8 Å². The van der Waals surface area contributed by atoms with E-state index in [1.54, 1.807) is 16.7 Å². The van der Waals surface area contributed by atoms with E-state index in [-0.39, 0.29) is 23.8 Å². The van der Waals surface area contributed by atoms with Crippen LogP contribution in [0.25, 0.3) is 5.69 Å². The Kier molecular flexibility index (Phi) is 8.80. The van der Waals surface area contributed by atoms with Gasteiger partial charge in [0.25, 0.3) is 0 Å². The number of benzene rings is 1. The highest BCUT2D eigenvalue weighted by atomic mass is 16.5. The van der Waals surface area contributed by atoms with Crippen LogP contribution in [-0.4, -0.2) is 53.3 Å². The number of hydrogen-bond acceptors (Lipinski definition) is 4. The molecular formula is C24H36N4O3. The highest BCUT2D eigenvalue weighted by Crippen LogP contribution is 2.26. The van der Waals surface area contributed by atoms with Crippen molar-refractivity contribution in [3.05, 3.63) is 41.6 Å². The number of carbonyl (C=O) groups is 2. The van der Waals surface area contributed by atoms with Gasteiger partial charge >= 0.3 is 0 Å². The Morgan fingerprint density at radius 3 is 2.58 bits per heavy atom. The van der Waals surface area contributed by atoms with Crippen LogP contribution in [0.4, 0.5) is 5.82 Å². The van der Waals surface area contributed by atoms with E-state index >= 15 is 0 Å². The first-order valence-corrected chi connectivity index (χ1v) is 10.9. The van der Waals surface area contributed by atoms with E-state index < -0.39 is 0 Å². The van der Waals surface area contributed by atoms with Gasteiger partial charge in [-0.25, -0.2) is 4.68 Å². The first-order chi connectivity index (χ1) is 14.7. The molecule has 0 aliphatic rings. The van der Waals surface area contributed by atoms with Crippen molar-refractivity contribution in [2.75, 3.05) is 32.1 Å². The molecular weight excluding hydrogens is 392 g/mol. The van der Waals surface area contributed by atoms with E-state index in [1.165, 1.54) is 0 Å². The molecule has 0 aliphatic heterocycles. The molecule has 2 amide bonds. The van der Waals surface area contributed by atoms with Gasteiger partial charge in [-0.05, 0) is 37.5 Å². The third-order valence-electron chi connectivity index (χ3n) is 4.92. The second-order valence-electron chi connectivity index (χ2n) is 8.88. The maximum absolute atomic E-state index is 12.9. The summed E-state index contributed by atoms with van der Waals surface area (Å²) in [7, 11) is 1.63. The van der Waals surface area contributed by atoms with Crippen LogP contribution in [0.2, 0.25) is 0 Å². The van der Waals surface area contributed by atoms with Crippen molar-refractivity contribution in [3.63, 3.8) is 0 Å². The Bertz CT molecular complexity index is 883. The maximum Gasteiger partial charge on any atom is 0.245 e. The molecule has 170 valence electrons. The number of nitrogens with one attached hydrogen (secondary N) is 1. The smallest absolute Gasteiger partial charge is 0.245 e. The number of anilines is 1. The van der Waals surface area contributed by atoms with E-state index in [4.69, 9.17) is 9.84 Å². The normalized spacial score (nSPS) is 11.4. The van der Waals surface area contributed by atoms with E-state index in [2.05, 4.69) is 26.1 Å². The zero-order valence-corrected chi connectivity index (χ0v) is 19.7. The third-order valence-corrected chi connectivity index (χ3v) is 4.92. The Labute approximate surface area is 185 Å². The Morgan fingerprint density at radius 1 is 1.23 bits per heavy atom. The molecule has 0 saturated heterocycles. The number of aryl methyl sites for hydroxylation is 1. The van der Waals surface area contributed by atoms with E-state index in [1.807, 2.05) is 44.2 Å². The van der Waals surface area contributed by atoms with Crippen LogP contribution >= 0.6 is 0 Å². The molecule has 0 atom stereocenters. The summed E-state index contributed by atoms with van der Waals surface area (Å²) in [6.45, 7) is 11.3. The predicted molar refractivity (Wildman–Crippen MR) is 124 cm³/mol. The van der Waals surface area contributed by atoms with Crippen molar-refractivity contribution in [1.82, 2.24) is 14.7 Å². The quantitative estimate of drug-likeness (QED) is 0.579. The van der Waals surface area contributed by atoms with Crippen LogP contribution < -0.4 is 5.32 Å². The summed E-state index contributed by atoms with van der Waals surface area (Å²) in [5, 5.41) is 7.73. The van der Waals surface area contributed by atoms with Crippen LogP contribution in [0.15, 0.2) is 30.3 Å². The molecule has 0 aliphatic carbocycles. The number of rotatable bonds is 10. The van der Waals surface area contributed by atoms with Crippen LogP contribution in [0, 0.1) is 6.92 Å². The lowest BCUT2D eigenvalue weighted by atomic mass is 9.92. The number of carbonyl (C=O) groups excluding carboxylic acids is 2. The van der Waals surface area contributed by atoms with Gasteiger partial charge in [0.1, 0.15) is 5.82 Å². The van der Waals surface area contributed by atoms with Crippen molar-refractivity contribution in [2.24, 2.45) is 0 Å². The zero-order chi connectivity index (χ0) is 23.0. The molecule has 0 unspecified atom stereocenters. The molecule has 7 nitrogen and oxygen atoms in total. The van der Waals surface area contributed by atoms with Crippen molar-refractivity contribution >= 4 is 17.6 Å². The van der Waals surface area contributed by atoms with Crippen LogP contribution in [0.5, 0.6) is 0 Å². The van der Waals surface area contributed by atoms with E-state index in [0.717, 1.165) is 23.4 Å². The molecule has 2 rings (SSSR count). The summed E-state index contributed by atoms with van der Waals surface area (Å²) in [6.07, 6.45) is 1.86. The molecule has 2 aromatic rings. The maximum atomic E-state index is 12.9. The van der Waals surface area contributed by atoms with Crippen molar-refractivity contribution in [1.29, 1.82) is 0 Å². The standard InChI is InChI=1S/C24H36N4O3/c1-7-10-23(30)27(13-9-14-31-6)17-22(29)25-21-16-20(24(3,4)5)26-28(21)19-12-8-11-18(2)15-19/h8,11-12,15-16H,7,9-10,13-14,17H2,1-6H3,(H,25,29). The third kappa shape index (κ3) is 7.21. The van der Waals surface area contributed by atoms with Gasteiger partial charge < -0.3 is 15.0 Å². The van der Waals surface area contributed by atoms with Crippen molar-refractivity contribution in [3.8, 4) is 5.69 Å². The molecule has 7 heteroatoms. The SMILES string of the molecule is CCCC(=O)N(CCCOC)CC(=O)Nc1cc(C(C)(C)C)nn1-c1cccc(C)c1. The average molecular weight is 429 g/mol. The van der Waals surface area contributed by atoms with E-state index in [0.29, 0.717) is 31.8 Å². The zero-order valence-electron chi connectivity index (χ0n) is 19.7. The molecule has 0 bridgehead atoms. The van der Waals surface area contributed by atoms with Crippen molar-refractivity contribution < 1.29 is 14.3 Å². The first kappa shape index (κ1) is 24.6. The fourth-order valence-corrected chi connectivity index (χ4v) is 3.21. The molecule has 31 heavy (non-hydrogen) atoms. The number of hydrogen-bond donors (Lipinski definition) is 1. The van der Waals surface area contributed by atoms with Crippen LogP contribution in [0.3, 0.4) is 0 Å². The molecule has 0 radical (unpaired) electrons. The minimum absolute atomic E-state index is 0.00635. The summed E-state index contributed by atoms with van der Waals surface area (Å²) in [6, 6.07) is 9.88. The highest BCUT2D eigenvalue weighted by molar-refractivity contribution is 5.94. The number of methoxy groups -OCH3 is 1. The highest BCUT2D eigenvalue weighted by Gasteiger charge is 2.23. The molecule has 1 aromatic heterocycles. The predicted octanol–water partition coefficient (Wildman–Crippen LogP) is 4.08. The second-order valence-corrected chi connectivity index (χ2v) is 8.88. The van der Waals surface area contributed by atoms with Gasteiger partial charge in [0, 0.05) is 38.2 Å². The Hall–Kier alpha value is -2.67. The molecule has 0 spiro atoms. The van der Waals surface area contributed by atoms with E-state index in [9.17, 15) is 9.59 Å². The van der Waals surface area contributed by atoms with Crippen LogP contribution in [0.1, 0.15) is 58.2 Å². The topological polar surface area (TPSA) is 76.5 Å². The summed E-state index contributed by atoms with van der Waals surface area (Å²) in [5.74, 6) is 0.341. The van der Waals surface area contributed by atoms with Gasteiger partial charge in [0.05, 0.1) is 17.9 Å². The van der Waals surface area contributed by atoms with Crippen molar-refractivity contribution in [2.45, 2.75) is 59.3 Å². The number of ether oxygens (including phenoxy) is 1. The number of amides is 2. The average Bonchev–Trinajstić information content (AvgIpc) is 3.11. The van der Waals surface area contributed by atoms with Gasteiger partial charge in [0.2, 0.25) is 11.8 Å². The lowest BCUT2D eigenvalue weighted by Crippen LogP contribution is -2.39. The summed E-state index contributed by atoms with van der Waals surface area (Å²) in [4.78, 5) is 27.0. The molecule has 1 heterocycles. The molecule has 1 N–H and O–H groups in total. The molecule has 0 fully saturated rings. The second kappa shape index (κ2) is 11.1.